The summed E-state index contributed by atoms with van der Waals surface area (Å²) in [6.45, 7) is 2.09. The molecular formula is C11H13N5O. The van der Waals surface area contributed by atoms with Crippen LogP contribution in [0.1, 0.15) is 23.1 Å². The summed E-state index contributed by atoms with van der Waals surface area (Å²) >= 11 is 0. The van der Waals surface area contributed by atoms with Crippen molar-refractivity contribution < 1.29 is 4.79 Å². The summed E-state index contributed by atoms with van der Waals surface area (Å²) in [5, 5.41) is 6.49. The largest absolute Gasteiger partial charge is 0.302 e. The minimum Gasteiger partial charge on any atom is -0.287 e. The molecule has 1 amide bonds. The van der Waals surface area contributed by atoms with Crippen molar-refractivity contribution in [2.45, 2.75) is 13.3 Å². The Morgan fingerprint density at radius 1 is 1.41 bits per heavy atom. The van der Waals surface area contributed by atoms with Crippen molar-refractivity contribution in [3.05, 3.63) is 35.7 Å². The predicted octanol–water partition coefficient (Wildman–Crippen LogP) is 0.638. The first kappa shape index (κ1) is 11.3. The standard InChI is InChI=1S/C11H13N5O/c1-2-7-3-5-8(6-4-7)9-13-10(16-15-9)11(17)14-12/h3-6H,2,12H2,1H3,(H,14,17)(H,13,15,16). The van der Waals surface area contributed by atoms with Crippen LogP contribution < -0.4 is 11.3 Å². The van der Waals surface area contributed by atoms with Gasteiger partial charge in [-0.2, -0.15) is 5.10 Å². The molecule has 1 aromatic heterocycles. The maximum atomic E-state index is 11.2. The van der Waals surface area contributed by atoms with Gasteiger partial charge in [-0.3, -0.25) is 15.3 Å². The number of aryl methyl sites for hydroxylation is 1. The first-order valence-corrected chi connectivity index (χ1v) is 5.27. The number of hydrogen-bond acceptors (Lipinski definition) is 4. The van der Waals surface area contributed by atoms with E-state index >= 15 is 0 Å². The minimum absolute atomic E-state index is 0.0991. The fraction of sp³-hybridized carbons (Fsp3) is 0.182. The molecule has 2 rings (SSSR count). The average Bonchev–Trinajstić information content (AvgIpc) is 2.87. The smallest absolute Gasteiger partial charge is 0.287 e. The van der Waals surface area contributed by atoms with Crippen molar-refractivity contribution >= 4 is 5.91 Å². The first-order valence-electron chi connectivity index (χ1n) is 5.27. The van der Waals surface area contributed by atoms with E-state index in [0.29, 0.717) is 5.82 Å². The molecule has 6 heteroatoms. The predicted molar refractivity (Wildman–Crippen MR) is 62.9 cm³/mol. The monoisotopic (exact) mass is 231 g/mol. The van der Waals surface area contributed by atoms with Crippen LogP contribution in [-0.2, 0) is 6.42 Å². The van der Waals surface area contributed by atoms with Crippen molar-refractivity contribution in [1.29, 1.82) is 0 Å². The second-order valence-electron chi connectivity index (χ2n) is 3.53. The number of carbonyl (C=O) groups is 1. The van der Waals surface area contributed by atoms with Gasteiger partial charge in [0, 0.05) is 5.56 Å². The molecule has 88 valence electrons. The van der Waals surface area contributed by atoms with E-state index < -0.39 is 5.91 Å². The van der Waals surface area contributed by atoms with E-state index in [1.165, 1.54) is 5.56 Å². The molecule has 0 unspecified atom stereocenters. The molecular weight excluding hydrogens is 218 g/mol. The Balaban J connectivity index is 2.27. The van der Waals surface area contributed by atoms with Crippen LogP contribution in [0, 0.1) is 0 Å². The van der Waals surface area contributed by atoms with Crippen LogP contribution in [0.3, 0.4) is 0 Å². The van der Waals surface area contributed by atoms with Gasteiger partial charge in [0.25, 0.3) is 0 Å². The molecule has 0 aliphatic rings. The number of carbonyl (C=O) groups excluding carboxylic acids is 1. The normalized spacial score (nSPS) is 10.2. The van der Waals surface area contributed by atoms with Gasteiger partial charge in [-0.15, -0.1) is 0 Å². The van der Waals surface area contributed by atoms with Crippen LogP contribution >= 0.6 is 0 Å². The van der Waals surface area contributed by atoms with Gasteiger partial charge in [0.2, 0.25) is 5.82 Å². The lowest BCUT2D eigenvalue weighted by Crippen LogP contribution is -2.30. The van der Waals surface area contributed by atoms with Crippen molar-refractivity contribution in [2.75, 3.05) is 0 Å². The Labute approximate surface area is 98.2 Å². The van der Waals surface area contributed by atoms with Crippen molar-refractivity contribution in [1.82, 2.24) is 20.6 Å². The minimum atomic E-state index is -0.492. The molecule has 0 spiro atoms. The van der Waals surface area contributed by atoms with Crippen LogP contribution in [0.25, 0.3) is 11.4 Å². The molecule has 0 saturated heterocycles. The van der Waals surface area contributed by atoms with E-state index in [1.54, 1.807) is 0 Å². The van der Waals surface area contributed by atoms with Gasteiger partial charge in [-0.05, 0) is 12.0 Å². The van der Waals surface area contributed by atoms with E-state index in [9.17, 15) is 4.79 Å². The Bertz CT molecular complexity index is 517. The number of hydrogen-bond donors (Lipinski definition) is 3. The molecule has 0 aliphatic heterocycles. The number of nitrogen functional groups attached to an aromatic ring is 1. The molecule has 4 N–H and O–H groups in total. The van der Waals surface area contributed by atoms with Gasteiger partial charge < -0.3 is 0 Å². The number of nitrogens with two attached hydrogens (primary N) is 1. The number of H-pyrrole nitrogens is 1. The highest BCUT2D eigenvalue weighted by Gasteiger charge is 2.11. The molecule has 6 nitrogen and oxygen atoms in total. The summed E-state index contributed by atoms with van der Waals surface area (Å²) in [6.07, 6.45) is 0.981. The quantitative estimate of drug-likeness (QED) is 0.410. The Morgan fingerprint density at radius 2 is 2.12 bits per heavy atom. The molecule has 0 bridgehead atoms. The molecule has 1 heterocycles. The van der Waals surface area contributed by atoms with Crippen molar-refractivity contribution in [3.8, 4) is 11.4 Å². The first-order chi connectivity index (χ1) is 8.24. The summed E-state index contributed by atoms with van der Waals surface area (Å²) in [5.41, 5.74) is 4.09. The van der Waals surface area contributed by atoms with E-state index in [1.807, 2.05) is 29.7 Å². The fourth-order valence-corrected chi connectivity index (χ4v) is 1.45. The number of amides is 1. The summed E-state index contributed by atoms with van der Waals surface area (Å²) in [6, 6.07) is 7.86. The van der Waals surface area contributed by atoms with Crippen molar-refractivity contribution in [2.24, 2.45) is 5.84 Å². The number of rotatable bonds is 3. The third-order valence-electron chi connectivity index (χ3n) is 2.45. The number of nitrogens with one attached hydrogen (secondary N) is 2. The summed E-state index contributed by atoms with van der Waals surface area (Å²) in [7, 11) is 0. The lowest BCUT2D eigenvalue weighted by Gasteiger charge is -1.97. The van der Waals surface area contributed by atoms with Crippen LogP contribution in [0.2, 0.25) is 0 Å². The summed E-state index contributed by atoms with van der Waals surface area (Å²) in [5.74, 6) is 5.09. The third-order valence-corrected chi connectivity index (χ3v) is 2.45. The highest BCUT2D eigenvalue weighted by molar-refractivity contribution is 5.90. The van der Waals surface area contributed by atoms with Crippen LogP contribution in [0.15, 0.2) is 24.3 Å². The van der Waals surface area contributed by atoms with E-state index in [-0.39, 0.29) is 5.82 Å². The molecule has 0 saturated carbocycles. The molecule has 0 radical (unpaired) electrons. The third kappa shape index (κ3) is 2.31. The maximum Gasteiger partial charge on any atom is 0.302 e. The molecule has 0 fully saturated rings. The Morgan fingerprint density at radius 3 is 2.71 bits per heavy atom. The van der Waals surface area contributed by atoms with Gasteiger partial charge >= 0.3 is 5.91 Å². The zero-order chi connectivity index (χ0) is 12.3. The van der Waals surface area contributed by atoms with Gasteiger partial charge in [-0.1, -0.05) is 31.2 Å². The lowest BCUT2D eigenvalue weighted by atomic mass is 10.1. The number of benzene rings is 1. The second kappa shape index (κ2) is 4.75. The van der Waals surface area contributed by atoms with Gasteiger partial charge in [0.05, 0.1) is 0 Å². The molecule has 1 aromatic carbocycles. The number of aromatic amines is 1. The number of nitrogens with zero attached hydrogens (tertiary/aromatic N) is 2. The molecule has 2 aromatic rings. The van der Waals surface area contributed by atoms with E-state index in [2.05, 4.69) is 22.1 Å². The molecule has 0 aliphatic carbocycles. The van der Waals surface area contributed by atoms with Gasteiger partial charge in [0.15, 0.2) is 5.82 Å². The summed E-state index contributed by atoms with van der Waals surface area (Å²) in [4.78, 5) is 15.2. The fourth-order valence-electron chi connectivity index (χ4n) is 1.45. The van der Waals surface area contributed by atoms with Crippen LogP contribution in [-0.4, -0.2) is 21.1 Å². The van der Waals surface area contributed by atoms with Crippen LogP contribution in [0.5, 0.6) is 0 Å². The zero-order valence-corrected chi connectivity index (χ0v) is 9.40. The SMILES string of the molecule is CCc1ccc(-c2n[nH]c(C(=O)NN)n2)cc1. The molecule has 0 atom stereocenters. The summed E-state index contributed by atoms with van der Waals surface area (Å²) < 4.78 is 0. The van der Waals surface area contributed by atoms with Gasteiger partial charge in [-0.25, -0.2) is 10.8 Å². The van der Waals surface area contributed by atoms with E-state index in [4.69, 9.17) is 5.84 Å². The number of aromatic nitrogens is 3. The highest BCUT2D eigenvalue weighted by atomic mass is 16.2. The average molecular weight is 231 g/mol. The van der Waals surface area contributed by atoms with Crippen molar-refractivity contribution in [3.63, 3.8) is 0 Å². The Kier molecular flexibility index (Phi) is 3.15. The molecule has 17 heavy (non-hydrogen) atoms. The zero-order valence-electron chi connectivity index (χ0n) is 9.40. The highest BCUT2D eigenvalue weighted by Crippen LogP contribution is 2.15. The lowest BCUT2D eigenvalue weighted by molar-refractivity contribution is 0.0943. The van der Waals surface area contributed by atoms with Gasteiger partial charge in [0.1, 0.15) is 0 Å². The number of hydrazine groups is 1. The topological polar surface area (TPSA) is 96.7 Å². The Hall–Kier alpha value is -2.21. The maximum absolute atomic E-state index is 11.2. The second-order valence-corrected chi connectivity index (χ2v) is 3.53. The van der Waals surface area contributed by atoms with Crippen LogP contribution in [0.4, 0.5) is 0 Å². The van der Waals surface area contributed by atoms with E-state index in [0.717, 1.165) is 12.0 Å².